The van der Waals surface area contributed by atoms with Crippen LogP contribution in [0.15, 0.2) is 0 Å². The number of Topliss-reactive ketones (excluding diaryl/α,β-unsaturated/α-hetero) is 1. The van der Waals surface area contributed by atoms with E-state index in [-0.39, 0.29) is 5.41 Å². The Morgan fingerprint density at radius 2 is 1.62 bits per heavy atom. The molecule has 0 aromatic heterocycles. The van der Waals surface area contributed by atoms with E-state index in [2.05, 4.69) is 34.6 Å². The highest BCUT2D eigenvalue weighted by atomic mass is 16.2. The molecular formula is C27H44O2. The third-order valence-electron chi connectivity index (χ3n) is 12.4. The van der Waals surface area contributed by atoms with Gasteiger partial charge in [-0.1, -0.05) is 34.6 Å². The number of carbonyl (C=O) groups excluding carboxylic acids is 1. The molecule has 8 unspecified atom stereocenters. The van der Waals surface area contributed by atoms with Crippen molar-refractivity contribution in [3.63, 3.8) is 0 Å². The van der Waals surface area contributed by atoms with E-state index in [9.17, 15) is 9.90 Å². The van der Waals surface area contributed by atoms with Crippen molar-refractivity contribution >= 4 is 5.78 Å². The summed E-state index contributed by atoms with van der Waals surface area (Å²) in [6.45, 7) is 12.7. The summed E-state index contributed by atoms with van der Waals surface area (Å²) < 4.78 is 0. The van der Waals surface area contributed by atoms with Gasteiger partial charge >= 0.3 is 0 Å². The summed E-state index contributed by atoms with van der Waals surface area (Å²) in [5.41, 5.74) is 1.91. The molecule has 8 atom stereocenters. The Balaban J connectivity index is 1.46. The summed E-state index contributed by atoms with van der Waals surface area (Å²) in [5, 5.41) is 9.35. The van der Waals surface area contributed by atoms with Gasteiger partial charge in [-0.25, -0.2) is 0 Å². The van der Waals surface area contributed by atoms with E-state index in [1.165, 1.54) is 57.8 Å². The second-order valence-electron chi connectivity index (χ2n) is 13.1. The monoisotopic (exact) mass is 400 g/mol. The Morgan fingerprint density at radius 1 is 0.931 bits per heavy atom. The number of carbonyl (C=O) groups is 1. The SMILES string of the molecule is CC(CCCO)C1CCC2(C)C3CCC4C(C)(C)C(=O)CCC45CC35CCC12C. The zero-order valence-electron chi connectivity index (χ0n) is 19.7. The maximum atomic E-state index is 12.8. The first-order valence-corrected chi connectivity index (χ1v) is 12.7. The molecule has 5 rings (SSSR count). The van der Waals surface area contributed by atoms with Crippen LogP contribution in [0.25, 0.3) is 0 Å². The van der Waals surface area contributed by atoms with Crippen molar-refractivity contribution in [2.45, 2.75) is 105 Å². The zero-order valence-corrected chi connectivity index (χ0v) is 19.7. The van der Waals surface area contributed by atoms with Crippen LogP contribution in [0.3, 0.4) is 0 Å². The maximum Gasteiger partial charge on any atom is 0.138 e. The molecular weight excluding hydrogens is 356 g/mol. The predicted octanol–water partition coefficient (Wildman–Crippen LogP) is 6.40. The molecule has 0 radical (unpaired) electrons. The molecule has 0 heterocycles. The van der Waals surface area contributed by atoms with Crippen LogP contribution < -0.4 is 0 Å². The van der Waals surface area contributed by atoms with Crippen LogP contribution in [-0.2, 0) is 4.79 Å². The Bertz CT molecular complexity index is 711. The molecule has 5 aliphatic carbocycles. The Labute approximate surface area is 178 Å². The Hall–Kier alpha value is -0.370. The largest absolute Gasteiger partial charge is 0.396 e. The third-order valence-corrected chi connectivity index (χ3v) is 12.4. The quantitative estimate of drug-likeness (QED) is 0.592. The molecule has 2 heteroatoms. The van der Waals surface area contributed by atoms with E-state index >= 15 is 0 Å². The lowest BCUT2D eigenvalue weighted by Gasteiger charge is -2.62. The smallest absolute Gasteiger partial charge is 0.138 e. The van der Waals surface area contributed by atoms with Crippen molar-refractivity contribution < 1.29 is 9.90 Å². The average molecular weight is 401 g/mol. The molecule has 0 aliphatic heterocycles. The first-order valence-electron chi connectivity index (χ1n) is 12.7. The molecule has 2 nitrogen and oxygen atoms in total. The molecule has 0 saturated heterocycles. The van der Waals surface area contributed by atoms with Crippen LogP contribution in [0.1, 0.15) is 105 Å². The fourth-order valence-electron chi connectivity index (χ4n) is 10.7. The predicted molar refractivity (Wildman–Crippen MR) is 117 cm³/mol. The van der Waals surface area contributed by atoms with Gasteiger partial charge in [-0.3, -0.25) is 4.79 Å². The van der Waals surface area contributed by atoms with Gasteiger partial charge < -0.3 is 5.11 Å². The molecule has 5 fully saturated rings. The molecule has 0 aromatic rings. The highest BCUT2D eigenvalue weighted by Crippen LogP contribution is 2.88. The fourth-order valence-corrected chi connectivity index (χ4v) is 10.7. The maximum absolute atomic E-state index is 12.8. The molecule has 0 bridgehead atoms. The minimum absolute atomic E-state index is 0.0919. The summed E-state index contributed by atoms with van der Waals surface area (Å²) in [4.78, 5) is 12.8. The van der Waals surface area contributed by atoms with Crippen molar-refractivity contribution in [2.24, 2.45) is 50.7 Å². The summed E-state index contributed by atoms with van der Waals surface area (Å²) in [5.74, 6) is 3.62. The first kappa shape index (κ1) is 20.5. The Morgan fingerprint density at radius 3 is 2.34 bits per heavy atom. The van der Waals surface area contributed by atoms with Crippen molar-refractivity contribution in [2.75, 3.05) is 6.61 Å². The summed E-state index contributed by atoms with van der Waals surface area (Å²) in [6, 6.07) is 0. The molecule has 0 aromatic carbocycles. The molecule has 0 amide bonds. The number of hydrogen-bond donors (Lipinski definition) is 1. The fraction of sp³-hybridized carbons (Fsp3) is 0.963. The Kier molecular flexibility index (Phi) is 4.32. The van der Waals surface area contributed by atoms with Gasteiger partial charge in [0.1, 0.15) is 5.78 Å². The summed E-state index contributed by atoms with van der Waals surface area (Å²) in [7, 11) is 0. The van der Waals surface area contributed by atoms with Crippen molar-refractivity contribution in [1.82, 2.24) is 0 Å². The van der Waals surface area contributed by atoms with E-state index in [0.717, 1.165) is 30.6 Å². The lowest BCUT2D eigenvalue weighted by Crippen LogP contribution is -2.57. The second-order valence-corrected chi connectivity index (χ2v) is 13.1. The number of rotatable bonds is 4. The molecule has 29 heavy (non-hydrogen) atoms. The van der Waals surface area contributed by atoms with Crippen LogP contribution in [0.5, 0.6) is 0 Å². The summed E-state index contributed by atoms with van der Waals surface area (Å²) >= 11 is 0. The van der Waals surface area contributed by atoms with Gasteiger partial charge in [-0.15, -0.1) is 0 Å². The van der Waals surface area contributed by atoms with Gasteiger partial charge in [0.05, 0.1) is 0 Å². The molecule has 2 spiro atoms. The van der Waals surface area contributed by atoms with Gasteiger partial charge in [0, 0.05) is 18.4 Å². The lowest BCUT2D eigenvalue weighted by atomic mass is 9.42. The van der Waals surface area contributed by atoms with Gasteiger partial charge in [0.15, 0.2) is 0 Å². The van der Waals surface area contributed by atoms with Crippen LogP contribution >= 0.6 is 0 Å². The van der Waals surface area contributed by atoms with E-state index < -0.39 is 0 Å². The average Bonchev–Trinajstić information content (AvgIpc) is 3.26. The van der Waals surface area contributed by atoms with E-state index in [1.807, 2.05) is 0 Å². The molecule has 164 valence electrons. The van der Waals surface area contributed by atoms with Crippen LogP contribution in [-0.4, -0.2) is 17.5 Å². The third kappa shape index (κ3) is 2.26. The molecule has 5 aliphatic rings. The van der Waals surface area contributed by atoms with E-state index in [4.69, 9.17) is 0 Å². The van der Waals surface area contributed by atoms with Crippen molar-refractivity contribution in [3.05, 3.63) is 0 Å². The minimum atomic E-state index is -0.0919. The topological polar surface area (TPSA) is 37.3 Å². The molecule has 1 N–H and O–H groups in total. The first-order chi connectivity index (χ1) is 13.6. The number of ketones is 1. The highest BCUT2D eigenvalue weighted by molar-refractivity contribution is 5.86. The molecule has 5 saturated carbocycles. The normalized spacial score (nSPS) is 53.4. The number of aliphatic hydroxyl groups is 1. The van der Waals surface area contributed by atoms with E-state index in [1.54, 1.807) is 0 Å². The van der Waals surface area contributed by atoms with Gasteiger partial charge in [-0.2, -0.15) is 0 Å². The van der Waals surface area contributed by atoms with Crippen molar-refractivity contribution in [3.8, 4) is 0 Å². The lowest BCUT2D eigenvalue weighted by molar-refractivity contribution is -0.157. The minimum Gasteiger partial charge on any atom is -0.396 e. The van der Waals surface area contributed by atoms with Crippen LogP contribution in [0.2, 0.25) is 0 Å². The van der Waals surface area contributed by atoms with Gasteiger partial charge in [0.2, 0.25) is 0 Å². The van der Waals surface area contributed by atoms with E-state index in [0.29, 0.717) is 40.0 Å². The number of aliphatic hydroxyl groups excluding tert-OH is 1. The van der Waals surface area contributed by atoms with Gasteiger partial charge in [-0.05, 0) is 110 Å². The van der Waals surface area contributed by atoms with Crippen LogP contribution in [0.4, 0.5) is 0 Å². The number of hydrogen-bond acceptors (Lipinski definition) is 2. The van der Waals surface area contributed by atoms with Gasteiger partial charge in [0.25, 0.3) is 0 Å². The van der Waals surface area contributed by atoms with Crippen molar-refractivity contribution in [1.29, 1.82) is 0 Å². The zero-order chi connectivity index (χ0) is 20.9. The summed E-state index contributed by atoms with van der Waals surface area (Å²) in [6.07, 6.45) is 13.9. The standard InChI is InChI=1S/C27H44O2/c1-18(7-6-16-28)19-10-12-25(5)21-9-8-20-23(2,3)22(29)11-13-26(20)17-27(21,26)15-14-24(19,25)4/h18-21,28H,6-17H2,1-5H3. The highest BCUT2D eigenvalue weighted by Gasteiger charge is 2.82. The second kappa shape index (κ2) is 6.11. The van der Waals surface area contributed by atoms with Crippen LogP contribution in [0, 0.1) is 50.7 Å². The number of fused-ring (bicyclic) bond motifs is 2.